The number of carbonyl (C=O) groups excluding carboxylic acids is 2. The zero-order chi connectivity index (χ0) is 16.7. The van der Waals surface area contributed by atoms with E-state index in [9.17, 15) is 18.8 Å². The molecule has 1 aromatic carbocycles. The van der Waals surface area contributed by atoms with E-state index in [1.54, 1.807) is 0 Å². The molecule has 0 aliphatic heterocycles. The number of hydrogen-bond donors (Lipinski definition) is 3. The van der Waals surface area contributed by atoms with Gasteiger partial charge in [0.2, 0.25) is 5.91 Å². The molecule has 0 aliphatic carbocycles. The van der Waals surface area contributed by atoms with Gasteiger partial charge in [-0.1, -0.05) is 19.8 Å². The Morgan fingerprint density at radius 3 is 2.50 bits per heavy atom. The Morgan fingerprint density at radius 1 is 1.32 bits per heavy atom. The summed E-state index contributed by atoms with van der Waals surface area (Å²) in [5.41, 5.74) is -0.0424. The van der Waals surface area contributed by atoms with Crippen molar-refractivity contribution in [2.45, 2.75) is 39.2 Å². The normalized spacial score (nSPS) is 11.6. The SMILES string of the molecule is CCCCC(NC(=O)c1ccc(NC(C)=O)c(F)c1)C(=O)O. The second-order valence-electron chi connectivity index (χ2n) is 4.88. The van der Waals surface area contributed by atoms with E-state index in [1.165, 1.54) is 19.1 Å². The third-order valence-electron chi connectivity index (χ3n) is 2.99. The molecule has 0 spiro atoms. The summed E-state index contributed by atoms with van der Waals surface area (Å²) in [6.45, 7) is 3.15. The highest BCUT2D eigenvalue weighted by Gasteiger charge is 2.20. The van der Waals surface area contributed by atoms with Crippen LogP contribution in [0.2, 0.25) is 0 Å². The van der Waals surface area contributed by atoms with E-state index in [-0.39, 0.29) is 11.3 Å². The fourth-order valence-corrected chi connectivity index (χ4v) is 1.85. The molecular weight excluding hydrogens is 291 g/mol. The monoisotopic (exact) mass is 310 g/mol. The van der Waals surface area contributed by atoms with Gasteiger partial charge < -0.3 is 15.7 Å². The fourth-order valence-electron chi connectivity index (χ4n) is 1.85. The number of hydrogen-bond acceptors (Lipinski definition) is 3. The van der Waals surface area contributed by atoms with Crippen molar-refractivity contribution >= 4 is 23.5 Å². The van der Waals surface area contributed by atoms with Gasteiger partial charge >= 0.3 is 5.97 Å². The van der Waals surface area contributed by atoms with Crippen LogP contribution in [-0.2, 0) is 9.59 Å². The first-order valence-corrected chi connectivity index (χ1v) is 6.96. The molecule has 1 unspecified atom stereocenters. The predicted octanol–water partition coefficient (Wildman–Crippen LogP) is 2.16. The molecular formula is C15H19FN2O4. The van der Waals surface area contributed by atoms with E-state index >= 15 is 0 Å². The molecule has 1 atom stereocenters. The van der Waals surface area contributed by atoms with Crippen LogP contribution in [0.4, 0.5) is 10.1 Å². The van der Waals surface area contributed by atoms with Crippen molar-refractivity contribution in [2.24, 2.45) is 0 Å². The van der Waals surface area contributed by atoms with Crippen molar-refractivity contribution < 1.29 is 23.9 Å². The van der Waals surface area contributed by atoms with Gasteiger partial charge in [-0.3, -0.25) is 9.59 Å². The molecule has 0 saturated heterocycles. The van der Waals surface area contributed by atoms with Crippen LogP contribution in [0, 0.1) is 5.82 Å². The molecule has 0 fully saturated rings. The van der Waals surface area contributed by atoms with E-state index in [4.69, 9.17) is 5.11 Å². The summed E-state index contributed by atoms with van der Waals surface area (Å²) >= 11 is 0. The van der Waals surface area contributed by atoms with Gasteiger partial charge in [0.15, 0.2) is 0 Å². The molecule has 0 saturated carbocycles. The molecule has 1 rings (SSSR count). The Kier molecular flexibility index (Phi) is 6.49. The van der Waals surface area contributed by atoms with Crippen LogP contribution in [-0.4, -0.2) is 28.9 Å². The van der Waals surface area contributed by atoms with Gasteiger partial charge in [0.25, 0.3) is 5.91 Å². The highest BCUT2D eigenvalue weighted by atomic mass is 19.1. The Labute approximate surface area is 127 Å². The van der Waals surface area contributed by atoms with E-state index < -0.39 is 29.6 Å². The highest BCUT2D eigenvalue weighted by molar-refractivity contribution is 5.97. The number of unbranched alkanes of at least 4 members (excludes halogenated alkanes) is 1. The lowest BCUT2D eigenvalue weighted by Crippen LogP contribution is -2.40. The number of nitrogens with one attached hydrogen (secondary N) is 2. The van der Waals surface area contributed by atoms with Crippen LogP contribution < -0.4 is 10.6 Å². The minimum Gasteiger partial charge on any atom is -0.480 e. The average molecular weight is 310 g/mol. The largest absolute Gasteiger partial charge is 0.480 e. The number of amides is 2. The van der Waals surface area contributed by atoms with Gasteiger partial charge in [-0.25, -0.2) is 9.18 Å². The molecule has 7 heteroatoms. The smallest absolute Gasteiger partial charge is 0.326 e. The Bertz CT molecular complexity index is 575. The van der Waals surface area contributed by atoms with Crippen LogP contribution in [0.25, 0.3) is 0 Å². The highest BCUT2D eigenvalue weighted by Crippen LogP contribution is 2.16. The lowest BCUT2D eigenvalue weighted by Gasteiger charge is -2.14. The number of aliphatic carboxylic acids is 1. The molecule has 3 N–H and O–H groups in total. The van der Waals surface area contributed by atoms with Gasteiger partial charge in [-0.2, -0.15) is 0 Å². The van der Waals surface area contributed by atoms with E-state index in [0.717, 1.165) is 12.5 Å². The summed E-state index contributed by atoms with van der Waals surface area (Å²) in [6.07, 6.45) is 1.77. The Morgan fingerprint density at radius 2 is 2.00 bits per heavy atom. The standard InChI is InChI=1S/C15H19FN2O4/c1-3-4-5-13(15(21)22)18-14(20)10-6-7-12(11(16)8-10)17-9(2)19/h6-8,13H,3-5H2,1-2H3,(H,17,19)(H,18,20)(H,21,22). The molecule has 0 aliphatic rings. The third kappa shape index (κ3) is 5.16. The van der Waals surface area contributed by atoms with E-state index in [0.29, 0.717) is 12.8 Å². The van der Waals surface area contributed by atoms with Crippen molar-refractivity contribution in [3.63, 3.8) is 0 Å². The van der Waals surface area contributed by atoms with E-state index in [1.807, 2.05) is 6.92 Å². The van der Waals surface area contributed by atoms with Gasteiger partial charge in [-0.05, 0) is 24.6 Å². The summed E-state index contributed by atoms with van der Waals surface area (Å²) in [4.78, 5) is 33.9. The van der Waals surface area contributed by atoms with Crippen LogP contribution in [0.3, 0.4) is 0 Å². The maximum atomic E-state index is 13.8. The van der Waals surface area contributed by atoms with Crippen molar-refractivity contribution in [3.8, 4) is 0 Å². The summed E-state index contributed by atoms with van der Waals surface area (Å²) in [5.74, 6) is -2.99. The molecule has 0 aromatic heterocycles. The lowest BCUT2D eigenvalue weighted by atomic mass is 10.1. The topological polar surface area (TPSA) is 95.5 Å². The first kappa shape index (κ1) is 17.6. The van der Waals surface area contributed by atoms with E-state index in [2.05, 4.69) is 10.6 Å². The Balaban J connectivity index is 2.82. The number of rotatable bonds is 7. The number of carboxylic acids is 1. The van der Waals surface area contributed by atoms with Crippen LogP contribution in [0.15, 0.2) is 18.2 Å². The minimum atomic E-state index is -1.13. The summed E-state index contributed by atoms with van der Waals surface area (Å²) in [6, 6.07) is 2.53. The third-order valence-corrected chi connectivity index (χ3v) is 2.99. The summed E-state index contributed by atoms with van der Waals surface area (Å²) < 4.78 is 13.8. The van der Waals surface area contributed by atoms with Gasteiger partial charge in [-0.15, -0.1) is 0 Å². The quantitative estimate of drug-likeness (QED) is 0.719. The number of carbonyl (C=O) groups is 3. The zero-order valence-electron chi connectivity index (χ0n) is 12.5. The van der Waals surface area contributed by atoms with Crippen molar-refractivity contribution in [1.82, 2.24) is 5.32 Å². The van der Waals surface area contributed by atoms with Crippen LogP contribution in [0.1, 0.15) is 43.5 Å². The molecule has 22 heavy (non-hydrogen) atoms. The van der Waals surface area contributed by atoms with Gasteiger partial charge in [0, 0.05) is 12.5 Å². The fraction of sp³-hybridized carbons (Fsp3) is 0.400. The summed E-state index contributed by atoms with van der Waals surface area (Å²) in [7, 11) is 0. The maximum absolute atomic E-state index is 13.8. The van der Waals surface area contributed by atoms with Crippen LogP contribution in [0.5, 0.6) is 0 Å². The first-order chi connectivity index (χ1) is 10.3. The molecule has 2 amide bonds. The average Bonchev–Trinajstić information content (AvgIpc) is 2.44. The predicted molar refractivity (Wildman–Crippen MR) is 79.1 cm³/mol. The maximum Gasteiger partial charge on any atom is 0.326 e. The Hall–Kier alpha value is -2.44. The van der Waals surface area contributed by atoms with Crippen molar-refractivity contribution in [1.29, 1.82) is 0 Å². The molecule has 0 radical (unpaired) electrons. The molecule has 0 heterocycles. The molecule has 1 aromatic rings. The molecule has 6 nitrogen and oxygen atoms in total. The minimum absolute atomic E-state index is 0.00523. The first-order valence-electron chi connectivity index (χ1n) is 6.96. The van der Waals surface area contributed by atoms with Gasteiger partial charge in [0.1, 0.15) is 11.9 Å². The van der Waals surface area contributed by atoms with Crippen molar-refractivity contribution in [3.05, 3.63) is 29.6 Å². The second kappa shape index (κ2) is 8.11. The lowest BCUT2D eigenvalue weighted by molar-refractivity contribution is -0.139. The van der Waals surface area contributed by atoms with Crippen LogP contribution >= 0.6 is 0 Å². The second-order valence-corrected chi connectivity index (χ2v) is 4.88. The van der Waals surface area contributed by atoms with Crippen molar-refractivity contribution in [2.75, 3.05) is 5.32 Å². The summed E-state index contributed by atoms with van der Waals surface area (Å²) in [5, 5.41) is 13.7. The number of benzene rings is 1. The number of anilines is 1. The molecule has 120 valence electrons. The molecule has 0 bridgehead atoms. The number of halogens is 1. The van der Waals surface area contributed by atoms with Gasteiger partial charge in [0.05, 0.1) is 5.69 Å². The zero-order valence-corrected chi connectivity index (χ0v) is 12.5. The number of carboxylic acid groups (broad SMARTS) is 1.